The van der Waals surface area contributed by atoms with Crippen molar-refractivity contribution in [3.05, 3.63) is 36.4 Å². The van der Waals surface area contributed by atoms with Crippen LogP contribution in [-0.2, 0) is 28.8 Å². The summed E-state index contributed by atoms with van der Waals surface area (Å²) in [4.78, 5) is 105. The van der Waals surface area contributed by atoms with E-state index >= 15 is 0 Å². The number of fused-ring (bicyclic) bond motifs is 1. The summed E-state index contributed by atoms with van der Waals surface area (Å²) in [5.41, 5.74) is 0.445. The summed E-state index contributed by atoms with van der Waals surface area (Å²) in [6.07, 6.45) is 13.7. The molecule has 3 saturated carbocycles. The van der Waals surface area contributed by atoms with Crippen LogP contribution >= 0.6 is 0 Å². The van der Waals surface area contributed by atoms with Crippen LogP contribution in [-0.4, -0.2) is 80.4 Å². The number of nitrogens with one attached hydrogen (secondary N) is 2. The minimum Gasteiger partial charge on any atom is -0.347 e. The van der Waals surface area contributed by atoms with E-state index in [9.17, 15) is 33.6 Å². The van der Waals surface area contributed by atoms with Crippen LogP contribution < -0.4 is 10.6 Å². The molecule has 12 nitrogen and oxygen atoms in total. The zero-order valence-corrected chi connectivity index (χ0v) is 30.8. The van der Waals surface area contributed by atoms with Crippen LogP contribution in [0.4, 0.5) is 0 Å². The van der Waals surface area contributed by atoms with Gasteiger partial charge >= 0.3 is 0 Å². The van der Waals surface area contributed by atoms with E-state index in [1.54, 1.807) is 11.8 Å². The Hall–Kier alpha value is -4.09. The first-order chi connectivity index (χ1) is 25.0. The number of carbonyl (C=O) groups excluding carboxylic acids is 7. The minimum absolute atomic E-state index is 0.0154. The minimum atomic E-state index is -0.901. The van der Waals surface area contributed by atoms with Gasteiger partial charge in [0.05, 0.1) is 18.3 Å². The van der Waals surface area contributed by atoms with Crippen molar-refractivity contribution >= 4 is 40.9 Å². The Balaban J connectivity index is 1.38. The topological polar surface area (TPSA) is 173 Å². The number of aromatic nitrogens is 2. The molecule has 1 saturated heterocycles. The zero-order valence-electron chi connectivity index (χ0n) is 30.8. The lowest BCUT2D eigenvalue weighted by Gasteiger charge is -2.33. The highest BCUT2D eigenvalue weighted by molar-refractivity contribution is 6.37. The van der Waals surface area contributed by atoms with Crippen molar-refractivity contribution in [1.82, 2.24) is 25.5 Å². The lowest BCUT2D eigenvalue weighted by atomic mass is 9.79. The molecule has 12 heteroatoms. The Morgan fingerprint density at radius 3 is 2.31 bits per heavy atom. The van der Waals surface area contributed by atoms with E-state index in [2.05, 4.69) is 27.2 Å². The molecular weight excluding hydrogens is 662 g/mol. The Kier molecular flexibility index (Phi) is 13.6. The Labute approximate surface area is 306 Å². The average molecular weight is 718 g/mol. The van der Waals surface area contributed by atoms with Crippen molar-refractivity contribution in [2.75, 3.05) is 6.54 Å². The largest absolute Gasteiger partial charge is 0.347 e. The van der Waals surface area contributed by atoms with E-state index in [0.29, 0.717) is 25.0 Å². The molecule has 0 bridgehead atoms. The second-order valence-electron chi connectivity index (χ2n) is 15.6. The van der Waals surface area contributed by atoms with Crippen LogP contribution in [0.25, 0.3) is 0 Å². The van der Waals surface area contributed by atoms with Crippen LogP contribution in [0, 0.1) is 29.6 Å². The molecule has 1 aromatic heterocycles. The number of allylic oxidation sites excluding steroid dienone is 1. The molecule has 1 aliphatic heterocycles. The molecule has 282 valence electrons. The summed E-state index contributed by atoms with van der Waals surface area (Å²) in [5.74, 6) is -4.56. The number of hydrogen-bond donors (Lipinski definition) is 2. The van der Waals surface area contributed by atoms with E-state index in [-0.39, 0.29) is 78.4 Å². The van der Waals surface area contributed by atoms with Gasteiger partial charge in [0.1, 0.15) is 5.69 Å². The summed E-state index contributed by atoms with van der Waals surface area (Å²) >= 11 is 0. The third-order valence-electron chi connectivity index (χ3n) is 11.6. The zero-order chi connectivity index (χ0) is 37.4. The molecule has 0 spiro atoms. The average Bonchev–Trinajstić information content (AvgIpc) is 3.71. The van der Waals surface area contributed by atoms with E-state index in [0.717, 1.165) is 64.2 Å². The molecule has 5 rings (SSSR count). The third-order valence-corrected chi connectivity index (χ3v) is 11.6. The summed E-state index contributed by atoms with van der Waals surface area (Å²) in [6, 6.07) is -1.59. The number of likely N-dealkylation sites (tertiary alicyclic amines) is 1. The van der Waals surface area contributed by atoms with E-state index in [4.69, 9.17) is 0 Å². The quantitative estimate of drug-likeness (QED) is 0.154. The van der Waals surface area contributed by atoms with Gasteiger partial charge in [-0.1, -0.05) is 45.6 Å². The molecule has 6 atom stereocenters. The maximum atomic E-state index is 14.7. The Morgan fingerprint density at radius 1 is 0.904 bits per heavy atom. The first-order valence-electron chi connectivity index (χ1n) is 19.4. The van der Waals surface area contributed by atoms with Gasteiger partial charge in [-0.05, 0) is 81.6 Å². The van der Waals surface area contributed by atoms with Gasteiger partial charge in [0.25, 0.3) is 11.8 Å². The number of carbonyl (C=O) groups is 7. The van der Waals surface area contributed by atoms with Crippen LogP contribution in [0.3, 0.4) is 0 Å². The molecule has 0 aromatic carbocycles. The van der Waals surface area contributed by atoms with Gasteiger partial charge < -0.3 is 15.5 Å². The van der Waals surface area contributed by atoms with Crippen molar-refractivity contribution in [2.24, 2.45) is 29.6 Å². The smallest absolute Gasteiger partial charge is 0.287 e. The molecule has 2 N–H and O–H groups in total. The van der Waals surface area contributed by atoms with Crippen molar-refractivity contribution in [2.45, 2.75) is 135 Å². The Morgan fingerprint density at radius 2 is 1.65 bits per heavy atom. The second-order valence-corrected chi connectivity index (χ2v) is 15.6. The number of amides is 3. The number of hydrogen-bond acceptors (Lipinski definition) is 9. The fourth-order valence-corrected chi connectivity index (χ4v) is 8.65. The fourth-order valence-electron chi connectivity index (χ4n) is 8.65. The molecule has 1 aromatic rings. The lowest BCUT2D eigenvalue weighted by molar-refractivity contribution is -0.145. The predicted molar refractivity (Wildman–Crippen MR) is 193 cm³/mol. The van der Waals surface area contributed by atoms with Gasteiger partial charge in [-0.15, -0.1) is 0 Å². The molecule has 4 fully saturated rings. The summed E-state index contributed by atoms with van der Waals surface area (Å²) in [5, 5.41) is 5.67. The number of ketones is 4. The normalized spacial score (nSPS) is 23.2. The van der Waals surface area contributed by atoms with Gasteiger partial charge in [0, 0.05) is 56.1 Å². The van der Waals surface area contributed by atoms with Gasteiger partial charge in [0.2, 0.25) is 11.7 Å². The molecule has 3 aliphatic carbocycles. The highest BCUT2D eigenvalue weighted by atomic mass is 16.2. The van der Waals surface area contributed by atoms with E-state index in [1.165, 1.54) is 18.6 Å². The highest BCUT2D eigenvalue weighted by Gasteiger charge is 2.51. The van der Waals surface area contributed by atoms with Gasteiger partial charge in [-0.3, -0.25) is 38.5 Å². The molecular formula is C40H55N5O7. The van der Waals surface area contributed by atoms with Crippen LogP contribution in [0.1, 0.15) is 127 Å². The summed E-state index contributed by atoms with van der Waals surface area (Å²) in [6.45, 7) is 7.64. The second kappa shape index (κ2) is 18.1. The van der Waals surface area contributed by atoms with Crippen molar-refractivity contribution in [3.8, 4) is 0 Å². The summed E-state index contributed by atoms with van der Waals surface area (Å²) in [7, 11) is 0. The monoisotopic (exact) mass is 717 g/mol. The van der Waals surface area contributed by atoms with Crippen LogP contribution in [0.5, 0.6) is 0 Å². The molecule has 0 unspecified atom stereocenters. The van der Waals surface area contributed by atoms with E-state index < -0.39 is 41.5 Å². The van der Waals surface area contributed by atoms with Gasteiger partial charge in [-0.25, -0.2) is 4.98 Å². The molecule has 3 amide bonds. The van der Waals surface area contributed by atoms with Crippen molar-refractivity contribution in [1.29, 1.82) is 0 Å². The lowest BCUT2D eigenvalue weighted by Crippen LogP contribution is -2.50. The van der Waals surface area contributed by atoms with Crippen LogP contribution in [0.15, 0.2) is 30.7 Å². The molecule has 2 heterocycles. The maximum absolute atomic E-state index is 14.7. The maximum Gasteiger partial charge on any atom is 0.287 e. The van der Waals surface area contributed by atoms with Crippen LogP contribution in [0.2, 0.25) is 0 Å². The standard InChI is InChI=1S/C40H55N5O7/c1-4-9-26(37(49)39(51)43-29-15-16-29)20-34(48)36-30-13-8-12-28(30)23-45(36)40(52)27(14-17-32(46)24(2)3)21-33(47)35(25-10-6-5-7-11-25)44-38(50)31-22-41-18-19-42-31/h18-19,22,25-30,35-36H,2,4-17,20-21,23H2,1,3H3,(H,43,51)(H,44,50)/t26-,27-,28+,30+,35+,36+/m1/s1. The predicted octanol–water partition coefficient (Wildman–Crippen LogP) is 4.51. The number of Topliss-reactive ketones (excluding diaryl/α,β-unsaturated/α-hetero) is 4. The van der Waals surface area contributed by atoms with Gasteiger partial charge in [-0.2, -0.15) is 0 Å². The van der Waals surface area contributed by atoms with Crippen molar-refractivity contribution < 1.29 is 33.6 Å². The Bertz CT molecular complexity index is 1520. The van der Waals surface area contributed by atoms with E-state index in [1.807, 2.05) is 6.92 Å². The first kappa shape index (κ1) is 39.1. The van der Waals surface area contributed by atoms with Crippen molar-refractivity contribution in [3.63, 3.8) is 0 Å². The third kappa shape index (κ3) is 9.86. The number of rotatable bonds is 19. The van der Waals surface area contributed by atoms with Gasteiger partial charge in [0.15, 0.2) is 17.3 Å². The molecule has 52 heavy (non-hydrogen) atoms. The SMILES string of the molecule is C=C(C)C(=O)CC[C@H](CC(=O)[C@@H](NC(=O)c1cnccn1)C1CCCCC1)C(=O)N1C[C@@H]2CCC[C@@H]2[C@H]1C(=O)C[C@@H](CCC)C(=O)C(=O)NC1CC1. The first-order valence-corrected chi connectivity index (χ1v) is 19.4. The molecule has 0 radical (unpaired) electrons. The highest BCUT2D eigenvalue weighted by Crippen LogP contribution is 2.44. The number of nitrogens with zero attached hydrogens (tertiary/aromatic N) is 3. The molecule has 4 aliphatic rings. The fraction of sp³-hybridized carbons (Fsp3) is 0.675. The summed E-state index contributed by atoms with van der Waals surface area (Å²) < 4.78 is 0.